The number of amides is 2. The van der Waals surface area contributed by atoms with Crippen molar-refractivity contribution in [1.29, 1.82) is 0 Å². The third-order valence-electron chi connectivity index (χ3n) is 5.11. The van der Waals surface area contributed by atoms with Crippen LogP contribution < -0.4 is 4.90 Å². The Morgan fingerprint density at radius 1 is 1.10 bits per heavy atom. The monoisotopic (exact) mass is 447 g/mol. The van der Waals surface area contributed by atoms with Gasteiger partial charge < -0.3 is 4.57 Å². The lowest BCUT2D eigenvalue weighted by Gasteiger charge is -2.36. The highest BCUT2D eigenvalue weighted by atomic mass is 35.5. The minimum absolute atomic E-state index is 0.0361. The first-order chi connectivity index (χ1) is 15.0. The van der Waals surface area contributed by atoms with Crippen molar-refractivity contribution >= 4 is 63.4 Å². The number of thiocarbonyl (C=S) groups is 1. The third kappa shape index (κ3) is 3.63. The number of carbonyl (C=O) groups excluding carboxylic acids is 2. The molecule has 2 amide bonds. The molecule has 2 heterocycles. The minimum atomic E-state index is -0.476. The molecule has 5 nitrogen and oxygen atoms in total. The van der Waals surface area contributed by atoms with Crippen molar-refractivity contribution in [2.75, 3.05) is 11.4 Å². The molecule has 0 bridgehead atoms. The highest BCUT2D eigenvalue weighted by molar-refractivity contribution is 7.80. The van der Waals surface area contributed by atoms with E-state index in [0.29, 0.717) is 23.8 Å². The maximum Gasteiger partial charge on any atom is 0.270 e. The van der Waals surface area contributed by atoms with Gasteiger partial charge in [0.2, 0.25) is 0 Å². The van der Waals surface area contributed by atoms with E-state index < -0.39 is 11.8 Å². The number of hydrogen-bond donors (Lipinski definition) is 0. The maximum absolute atomic E-state index is 13.4. The van der Waals surface area contributed by atoms with Crippen LogP contribution in [-0.4, -0.2) is 32.9 Å². The number of fused-ring (bicyclic) bond motifs is 1. The number of halogens is 1. The van der Waals surface area contributed by atoms with Crippen LogP contribution in [0.15, 0.2) is 60.3 Å². The smallest absolute Gasteiger partial charge is 0.270 e. The molecule has 0 saturated carbocycles. The van der Waals surface area contributed by atoms with Crippen molar-refractivity contribution in [2.45, 2.75) is 13.5 Å². The largest absolute Gasteiger partial charge is 0.335 e. The fraction of sp³-hybridized carbons (Fsp3) is 0.125. The summed E-state index contributed by atoms with van der Waals surface area (Å²) in [7, 11) is 0. The van der Waals surface area contributed by atoms with Crippen LogP contribution in [0.3, 0.4) is 0 Å². The molecule has 1 saturated heterocycles. The first-order valence-corrected chi connectivity index (χ1v) is 10.4. The molecule has 0 spiro atoms. The summed E-state index contributed by atoms with van der Waals surface area (Å²) in [5.74, 6) is 1.73. The Hall–Kier alpha value is -3.40. The Labute approximate surface area is 190 Å². The second kappa shape index (κ2) is 8.38. The van der Waals surface area contributed by atoms with E-state index in [2.05, 4.69) is 5.92 Å². The molecule has 0 atom stereocenters. The molecule has 31 heavy (non-hydrogen) atoms. The van der Waals surface area contributed by atoms with Gasteiger partial charge in [-0.25, -0.2) is 0 Å². The molecule has 1 aliphatic heterocycles. The number of para-hydroxylation sites is 1. The van der Waals surface area contributed by atoms with E-state index in [-0.39, 0.29) is 10.7 Å². The van der Waals surface area contributed by atoms with Crippen LogP contribution in [0.4, 0.5) is 5.69 Å². The van der Waals surface area contributed by atoms with E-state index in [1.54, 1.807) is 30.3 Å². The fourth-order valence-electron chi connectivity index (χ4n) is 3.65. The molecular weight excluding hydrogens is 430 g/mol. The third-order valence-corrected chi connectivity index (χ3v) is 5.77. The lowest BCUT2D eigenvalue weighted by Crippen LogP contribution is -2.56. The van der Waals surface area contributed by atoms with Crippen molar-refractivity contribution in [3.63, 3.8) is 0 Å². The normalized spacial score (nSPS) is 15.8. The van der Waals surface area contributed by atoms with Crippen molar-refractivity contribution < 1.29 is 9.59 Å². The Bertz CT molecular complexity index is 1280. The van der Waals surface area contributed by atoms with Gasteiger partial charge in [0.05, 0.1) is 12.2 Å². The van der Waals surface area contributed by atoms with Crippen molar-refractivity contribution in [3.8, 4) is 12.3 Å². The molecule has 1 aromatic heterocycles. The number of nitrogens with zero attached hydrogens (tertiary/aromatic N) is 3. The van der Waals surface area contributed by atoms with E-state index >= 15 is 0 Å². The quantitative estimate of drug-likeness (QED) is 0.256. The van der Waals surface area contributed by atoms with Crippen LogP contribution in [0, 0.1) is 12.3 Å². The van der Waals surface area contributed by atoms with Gasteiger partial charge >= 0.3 is 0 Å². The van der Waals surface area contributed by atoms with E-state index in [4.69, 9.17) is 30.2 Å². The van der Waals surface area contributed by atoms with Gasteiger partial charge in [0, 0.05) is 34.2 Å². The van der Waals surface area contributed by atoms with E-state index in [9.17, 15) is 9.59 Å². The summed E-state index contributed by atoms with van der Waals surface area (Å²) in [4.78, 5) is 29.3. The molecule has 0 radical (unpaired) electrons. The average Bonchev–Trinajstić information content (AvgIpc) is 3.11. The van der Waals surface area contributed by atoms with Gasteiger partial charge in [-0.05, 0) is 55.5 Å². The zero-order valence-electron chi connectivity index (χ0n) is 16.7. The van der Waals surface area contributed by atoms with Crippen molar-refractivity contribution in [3.05, 3.63) is 70.9 Å². The van der Waals surface area contributed by atoms with E-state index in [1.807, 2.05) is 42.0 Å². The number of carbonyl (C=O) groups is 2. The summed E-state index contributed by atoms with van der Waals surface area (Å²) in [5, 5.41) is 1.59. The minimum Gasteiger partial charge on any atom is -0.335 e. The number of hydrogen-bond acceptors (Lipinski definition) is 3. The number of anilines is 1. The van der Waals surface area contributed by atoms with Gasteiger partial charge in [0.25, 0.3) is 11.8 Å². The molecule has 0 aliphatic carbocycles. The fourth-order valence-corrected chi connectivity index (χ4v) is 4.17. The first-order valence-electron chi connectivity index (χ1n) is 9.65. The number of benzene rings is 2. The molecule has 0 N–H and O–H groups in total. The molecule has 3 aromatic rings. The molecule has 0 unspecified atom stereocenters. The highest BCUT2D eigenvalue weighted by Crippen LogP contribution is 2.29. The first kappa shape index (κ1) is 20.9. The number of rotatable bonds is 4. The van der Waals surface area contributed by atoms with Gasteiger partial charge in [-0.15, -0.1) is 6.42 Å². The summed E-state index contributed by atoms with van der Waals surface area (Å²) in [6.45, 7) is 2.54. The lowest BCUT2D eigenvalue weighted by atomic mass is 10.1. The highest BCUT2D eigenvalue weighted by Gasteiger charge is 2.39. The second-order valence-electron chi connectivity index (χ2n) is 6.94. The van der Waals surface area contributed by atoms with Crippen molar-refractivity contribution in [2.24, 2.45) is 0 Å². The number of aromatic nitrogens is 1. The van der Waals surface area contributed by atoms with Crippen molar-refractivity contribution in [1.82, 2.24) is 9.47 Å². The summed E-state index contributed by atoms with van der Waals surface area (Å²) in [6, 6.07) is 14.5. The molecular formula is C24H18ClN3O2S. The number of terminal acetylenes is 1. The summed E-state index contributed by atoms with van der Waals surface area (Å²) >= 11 is 11.5. The second-order valence-corrected chi connectivity index (χ2v) is 7.74. The van der Waals surface area contributed by atoms with Crippen LogP contribution in [0.5, 0.6) is 0 Å². The van der Waals surface area contributed by atoms with Gasteiger partial charge in [0.1, 0.15) is 5.57 Å². The Morgan fingerprint density at radius 3 is 2.48 bits per heavy atom. The SMILES string of the molecule is C#CCn1cc(C=C2C(=O)N(CC)C(=S)N(c3ccc(Cl)cc3)C2=O)c2ccccc21. The van der Waals surface area contributed by atoms with Crippen LogP contribution in [0.2, 0.25) is 5.02 Å². The van der Waals surface area contributed by atoms with Gasteiger partial charge in [-0.1, -0.05) is 35.7 Å². The topological polar surface area (TPSA) is 45.6 Å². The predicted molar refractivity (Wildman–Crippen MR) is 128 cm³/mol. The van der Waals surface area contributed by atoms with Crippen LogP contribution >= 0.6 is 23.8 Å². The molecule has 1 fully saturated rings. The average molecular weight is 448 g/mol. The van der Waals surface area contributed by atoms with Crippen LogP contribution in [0.25, 0.3) is 17.0 Å². The van der Waals surface area contributed by atoms with E-state index in [0.717, 1.165) is 16.5 Å². The van der Waals surface area contributed by atoms with E-state index in [1.165, 1.54) is 9.80 Å². The summed E-state index contributed by atoms with van der Waals surface area (Å²) in [6.07, 6.45) is 8.98. The Morgan fingerprint density at radius 2 is 1.81 bits per heavy atom. The molecule has 1 aliphatic rings. The zero-order valence-corrected chi connectivity index (χ0v) is 18.3. The standard InChI is InChI=1S/C24H18ClN3O2S/c1-3-13-26-15-16(19-7-5-6-8-21(19)26)14-20-22(29)27(4-2)24(31)28(23(20)30)18-11-9-17(25)10-12-18/h1,5-12,14-15H,4,13H2,2H3. The molecule has 154 valence electrons. The summed E-state index contributed by atoms with van der Waals surface area (Å²) < 4.78 is 1.92. The number of likely N-dealkylation sites (N-methyl/N-ethyl adjacent to an activating group) is 1. The van der Waals surface area contributed by atoms with Crippen LogP contribution in [-0.2, 0) is 16.1 Å². The molecule has 7 heteroatoms. The zero-order chi connectivity index (χ0) is 22.1. The lowest BCUT2D eigenvalue weighted by molar-refractivity contribution is -0.127. The summed E-state index contributed by atoms with van der Waals surface area (Å²) in [5.41, 5.74) is 2.25. The van der Waals surface area contributed by atoms with Gasteiger partial charge in [0.15, 0.2) is 5.11 Å². The van der Waals surface area contributed by atoms with Gasteiger partial charge in [-0.3, -0.25) is 19.4 Å². The van der Waals surface area contributed by atoms with Crippen LogP contribution in [0.1, 0.15) is 12.5 Å². The predicted octanol–water partition coefficient (Wildman–Crippen LogP) is 4.49. The molecule has 2 aromatic carbocycles. The Balaban J connectivity index is 1.86. The maximum atomic E-state index is 13.4. The Kier molecular flexibility index (Phi) is 5.64. The van der Waals surface area contributed by atoms with Gasteiger partial charge in [-0.2, -0.15) is 0 Å². The molecule has 4 rings (SSSR count).